The van der Waals surface area contributed by atoms with Crippen molar-refractivity contribution >= 4 is 10.0 Å². The van der Waals surface area contributed by atoms with Crippen LogP contribution in [0.2, 0.25) is 0 Å². The molecule has 1 saturated heterocycles. The van der Waals surface area contributed by atoms with Gasteiger partial charge in [-0.2, -0.15) is 4.31 Å². The number of hydrogen-bond donors (Lipinski definition) is 0. The van der Waals surface area contributed by atoms with E-state index in [1.54, 1.807) is 7.11 Å². The first kappa shape index (κ1) is 16.7. The van der Waals surface area contributed by atoms with Gasteiger partial charge in [0.15, 0.2) is 0 Å². The van der Waals surface area contributed by atoms with E-state index >= 15 is 0 Å². The number of hydrogen-bond acceptors (Lipinski definition) is 4. The molecule has 0 unspecified atom stereocenters. The van der Waals surface area contributed by atoms with E-state index in [0.717, 1.165) is 24.2 Å². The molecule has 1 aliphatic heterocycles. The van der Waals surface area contributed by atoms with Crippen molar-refractivity contribution in [1.29, 1.82) is 0 Å². The Bertz CT molecular complexity index is 866. The van der Waals surface area contributed by atoms with Crippen molar-refractivity contribution in [2.45, 2.75) is 24.3 Å². The molecule has 1 aromatic heterocycles. The number of aromatic nitrogens is 1. The number of methoxy groups -OCH3 is 1. The molecular weight excluding hydrogens is 328 g/mol. The van der Waals surface area contributed by atoms with Crippen LogP contribution in [-0.2, 0) is 16.6 Å². The van der Waals surface area contributed by atoms with Crippen LogP contribution in [-0.4, -0.2) is 37.5 Å². The maximum atomic E-state index is 12.6. The van der Waals surface area contributed by atoms with Crippen LogP contribution in [0.1, 0.15) is 18.4 Å². The number of nitrogens with zero attached hydrogens (tertiary/aromatic N) is 2. The molecule has 3 rings (SSSR count). The number of pyridine rings is 1. The van der Waals surface area contributed by atoms with E-state index in [0.29, 0.717) is 19.6 Å². The molecule has 0 bridgehead atoms. The van der Waals surface area contributed by atoms with E-state index in [9.17, 15) is 13.2 Å². The van der Waals surface area contributed by atoms with Crippen molar-refractivity contribution in [2.24, 2.45) is 0 Å². The molecule has 0 N–H and O–H groups in total. The zero-order valence-electron chi connectivity index (χ0n) is 13.5. The van der Waals surface area contributed by atoms with Gasteiger partial charge in [0.1, 0.15) is 5.75 Å². The maximum Gasteiger partial charge on any atom is 0.250 e. The molecule has 2 heterocycles. The summed E-state index contributed by atoms with van der Waals surface area (Å²) in [7, 11) is -1.94. The molecule has 0 amide bonds. The van der Waals surface area contributed by atoms with Gasteiger partial charge in [-0.3, -0.25) is 4.79 Å². The van der Waals surface area contributed by atoms with E-state index in [4.69, 9.17) is 4.74 Å². The highest BCUT2D eigenvalue weighted by Crippen LogP contribution is 2.20. The van der Waals surface area contributed by atoms with Gasteiger partial charge in [-0.15, -0.1) is 0 Å². The van der Waals surface area contributed by atoms with Gasteiger partial charge in [0, 0.05) is 25.4 Å². The largest absolute Gasteiger partial charge is 0.497 e. The molecule has 0 atom stereocenters. The molecule has 0 spiro atoms. The number of rotatable bonds is 5. The quantitative estimate of drug-likeness (QED) is 0.825. The van der Waals surface area contributed by atoms with Gasteiger partial charge in [0.2, 0.25) is 10.0 Å². The van der Waals surface area contributed by atoms with Crippen molar-refractivity contribution in [3.8, 4) is 5.75 Å². The third-order valence-electron chi connectivity index (χ3n) is 4.17. The summed E-state index contributed by atoms with van der Waals surface area (Å²) < 4.78 is 33.3. The summed E-state index contributed by atoms with van der Waals surface area (Å²) in [6.07, 6.45) is 3.19. The fraction of sp³-hybridized carbons (Fsp3) is 0.353. The molecule has 0 saturated carbocycles. The van der Waals surface area contributed by atoms with Gasteiger partial charge in [-0.05, 0) is 36.6 Å². The Kier molecular flexibility index (Phi) is 4.73. The van der Waals surface area contributed by atoms with E-state index in [2.05, 4.69) is 0 Å². The van der Waals surface area contributed by atoms with Crippen LogP contribution in [0.15, 0.2) is 52.3 Å². The van der Waals surface area contributed by atoms with Crippen LogP contribution >= 0.6 is 0 Å². The second kappa shape index (κ2) is 6.78. The maximum absolute atomic E-state index is 12.6. The van der Waals surface area contributed by atoms with Crippen LogP contribution in [0.3, 0.4) is 0 Å². The van der Waals surface area contributed by atoms with Crippen molar-refractivity contribution in [1.82, 2.24) is 8.87 Å². The molecule has 0 aliphatic carbocycles. The third kappa shape index (κ3) is 3.37. The molecule has 128 valence electrons. The van der Waals surface area contributed by atoms with Gasteiger partial charge < -0.3 is 9.30 Å². The molecule has 6 nitrogen and oxygen atoms in total. The van der Waals surface area contributed by atoms with Crippen LogP contribution < -0.4 is 10.3 Å². The molecule has 7 heteroatoms. The number of sulfonamides is 1. The highest BCUT2D eigenvalue weighted by Gasteiger charge is 2.27. The lowest BCUT2D eigenvalue weighted by Gasteiger charge is -2.16. The molecule has 1 aliphatic rings. The predicted octanol–water partition coefficient (Wildman–Crippen LogP) is 1.69. The Morgan fingerprint density at radius 3 is 2.33 bits per heavy atom. The molecule has 2 aromatic rings. The van der Waals surface area contributed by atoms with E-state index < -0.39 is 10.0 Å². The smallest absolute Gasteiger partial charge is 0.250 e. The van der Waals surface area contributed by atoms with Crippen molar-refractivity contribution in [3.05, 3.63) is 58.5 Å². The lowest BCUT2D eigenvalue weighted by molar-refractivity contribution is 0.414. The normalized spacial score (nSPS) is 15.5. The first-order valence-electron chi connectivity index (χ1n) is 7.84. The minimum Gasteiger partial charge on any atom is -0.497 e. The van der Waals surface area contributed by atoms with Crippen LogP contribution in [0, 0.1) is 0 Å². The van der Waals surface area contributed by atoms with Gasteiger partial charge in [-0.25, -0.2) is 8.42 Å². The fourth-order valence-corrected chi connectivity index (χ4v) is 4.33. The summed E-state index contributed by atoms with van der Waals surface area (Å²) in [6, 6.07) is 10.0. The molecular formula is C17H20N2O4S. The van der Waals surface area contributed by atoms with E-state index in [-0.39, 0.29) is 10.5 Å². The second-order valence-electron chi connectivity index (χ2n) is 5.79. The summed E-state index contributed by atoms with van der Waals surface area (Å²) in [5.74, 6) is 0.733. The predicted molar refractivity (Wildman–Crippen MR) is 90.8 cm³/mol. The topological polar surface area (TPSA) is 68.6 Å². The highest BCUT2D eigenvalue weighted by molar-refractivity contribution is 7.89. The minimum atomic E-state index is -3.53. The first-order valence-corrected chi connectivity index (χ1v) is 9.28. The van der Waals surface area contributed by atoms with Gasteiger partial charge >= 0.3 is 0 Å². The number of benzene rings is 1. The Balaban J connectivity index is 1.89. The zero-order chi connectivity index (χ0) is 17.2. The molecule has 0 radical (unpaired) electrons. The Labute approximate surface area is 141 Å². The van der Waals surface area contributed by atoms with Crippen molar-refractivity contribution in [2.75, 3.05) is 20.2 Å². The summed E-state index contributed by atoms with van der Waals surface area (Å²) in [5.41, 5.74) is 0.666. The van der Waals surface area contributed by atoms with Crippen LogP contribution in [0.25, 0.3) is 0 Å². The van der Waals surface area contributed by atoms with E-state index in [1.165, 1.54) is 27.2 Å². The SMILES string of the molecule is COc1ccc(Cn2cc(S(=O)(=O)N3CCCC3)ccc2=O)cc1. The first-order chi connectivity index (χ1) is 11.5. The standard InChI is InChI=1S/C17H20N2O4S/c1-23-15-6-4-14(5-7-15)12-18-13-16(8-9-17(18)20)24(21,22)19-10-2-3-11-19/h4-9,13H,2-3,10-12H2,1H3. The summed E-state index contributed by atoms with van der Waals surface area (Å²) in [4.78, 5) is 12.2. The second-order valence-corrected chi connectivity index (χ2v) is 7.73. The van der Waals surface area contributed by atoms with E-state index in [1.807, 2.05) is 24.3 Å². The van der Waals surface area contributed by atoms with Crippen molar-refractivity contribution < 1.29 is 13.2 Å². The van der Waals surface area contributed by atoms with Gasteiger partial charge in [0.25, 0.3) is 5.56 Å². The minimum absolute atomic E-state index is 0.164. The third-order valence-corrected chi connectivity index (χ3v) is 6.05. The Morgan fingerprint density at radius 2 is 1.71 bits per heavy atom. The van der Waals surface area contributed by atoms with Crippen LogP contribution in [0.5, 0.6) is 5.75 Å². The highest BCUT2D eigenvalue weighted by atomic mass is 32.2. The number of ether oxygens (including phenoxy) is 1. The fourth-order valence-electron chi connectivity index (χ4n) is 2.79. The monoisotopic (exact) mass is 348 g/mol. The summed E-state index contributed by atoms with van der Waals surface area (Å²) in [5, 5.41) is 0. The lowest BCUT2D eigenvalue weighted by atomic mass is 10.2. The Morgan fingerprint density at radius 1 is 1.04 bits per heavy atom. The average molecular weight is 348 g/mol. The van der Waals surface area contributed by atoms with Gasteiger partial charge in [0.05, 0.1) is 18.6 Å². The zero-order valence-corrected chi connectivity index (χ0v) is 14.3. The molecule has 1 aromatic carbocycles. The Hall–Kier alpha value is -2.12. The lowest BCUT2D eigenvalue weighted by Crippen LogP contribution is -2.29. The van der Waals surface area contributed by atoms with Crippen molar-refractivity contribution in [3.63, 3.8) is 0 Å². The van der Waals surface area contributed by atoms with Crippen LogP contribution in [0.4, 0.5) is 0 Å². The van der Waals surface area contributed by atoms with Gasteiger partial charge in [-0.1, -0.05) is 12.1 Å². The average Bonchev–Trinajstić information content (AvgIpc) is 3.13. The summed E-state index contributed by atoms with van der Waals surface area (Å²) in [6.45, 7) is 1.39. The molecule has 24 heavy (non-hydrogen) atoms. The molecule has 1 fully saturated rings. The summed E-state index contributed by atoms with van der Waals surface area (Å²) >= 11 is 0.